The molecule has 0 heterocycles. The smallest absolute Gasteiger partial charge is 0.349 e. The summed E-state index contributed by atoms with van der Waals surface area (Å²) in [5, 5.41) is 0. The van der Waals surface area contributed by atoms with Crippen LogP contribution in [0.5, 0.6) is 0 Å². The fraction of sp³-hybridized carbons (Fsp3) is 0.500. The molecule has 7 heteroatoms. The molecule has 1 aromatic rings. The normalized spacial score (nSPS) is 13.0. The molecule has 21 heavy (non-hydrogen) atoms. The Morgan fingerprint density at radius 1 is 1.19 bits per heavy atom. The van der Waals surface area contributed by atoms with Gasteiger partial charge in [0.25, 0.3) is 0 Å². The van der Waals surface area contributed by atoms with Crippen LogP contribution in [0.4, 0.5) is 0 Å². The molecule has 0 N–H and O–H groups in total. The van der Waals surface area contributed by atoms with Gasteiger partial charge in [0.15, 0.2) is 5.66 Å². The molecule has 0 bridgehead atoms. The van der Waals surface area contributed by atoms with Crippen LogP contribution in [0.1, 0.15) is 32.0 Å². The van der Waals surface area contributed by atoms with E-state index in [1.54, 1.807) is 39.0 Å². The van der Waals surface area contributed by atoms with E-state index in [0.29, 0.717) is 5.56 Å². The highest BCUT2D eigenvalue weighted by atomic mass is 79.9. The maximum atomic E-state index is 13.0. The predicted molar refractivity (Wildman–Crippen MR) is 84.4 cm³/mol. The first-order chi connectivity index (χ1) is 9.98. The van der Waals surface area contributed by atoms with E-state index in [-0.39, 0.29) is 19.8 Å². The molecule has 0 aliphatic carbocycles. The molecule has 1 atom stereocenters. The first-order valence-corrected chi connectivity index (χ1v) is 9.19. The highest BCUT2D eigenvalue weighted by Crippen LogP contribution is 2.61. The lowest BCUT2D eigenvalue weighted by atomic mass is 10.1. The van der Waals surface area contributed by atoms with E-state index in [1.165, 1.54) is 0 Å². The van der Waals surface area contributed by atoms with Crippen molar-refractivity contribution in [1.29, 1.82) is 0 Å². The van der Waals surface area contributed by atoms with Crippen LogP contribution in [0.15, 0.2) is 28.7 Å². The van der Waals surface area contributed by atoms with Gasteiger partial charge in [0, 0.05) is 4.47 Å². The second-order valence-electron chi connectivity index (χ2n) is 4.08. The van der Waals surface area contributed by atoms with Crippen LogP contribution in [0.3, 0.4) is 0 Å². The van der Waals surface area contributed by atoms with E-state index in [9.17, 15) is 9.36 Å². The Morgan fingerprint density at radius 2 is 1.81 bits per heavy atom. The van der Waals surface area contributed by atoms with Crippen molar-refractivity contribution >= 4 is 29.5 Å². The molecule has 1 rings (SSSR count). The molecule has 0 amide bonds. The molecule has 1 unspecified atom stereocenters. The standard InChI is InChI=1S/C14H20BrO5P/c1-4-18-14(16)13(11-8-7-9-12(15)10-11)21(17,19-5-2)20-6-3/h7-10,13H,4-6H2,1-3H3. The van der Waals surface area contributed by atoms with Gasteiger partial charge in [-0.25, -0.2) is 0 Å². The quantitative estimate of drug-likeness (QED) is 0.497. The average molecular weight is 379 g/mol. The molecule has 0 saturated carbocycles. The number of benzene rings is 1. The number of ether oxygens (including phenoxy) is 1. The van der Waals surface area contributed by atoms with E-state index < -0.39 is 19.2 Å². The van der Waals surface area contributed by atoms with Crippen LogP contribution in [0, 0.1) is 0 Å². The third kappa shape index (κ3) is 4.92. The summed E-state index contributed by atoms with van der Waals surface area (Å²) in [6.07, 6.45) is 0. The van der Waals surface area contributed by atoms with Gasteiger partial charge < -0.3 is 13.8 Å². The molecule has 5 nitrogen and oxygen atoms in total. The summed E-state index contributed by atoms with van der Waals surface area (Å²) < 4.78 is 29.4. The van der Waals surface area contributed by atoms with E-state index in [2.05, 4.69) is 15.9 Å². The van der Waals surface area contributed by atoms with E-state index in [4.69, 9.17) is 13.8 Å². The Labute approximate surface area is 133 Å². The fourth-order valence-electron chi connectivity index (χ4n) is 1.89. The van der Waals surface area contributed by atoms with Crippen molar-refractivity contribution in [2.75, 3.05) is 19.8 Å². The summed E-state index contributed by atoms with van der Waals surface area (Å²) >= 11 is 3.34. The van der Waals surface area contributed by atoms with Crippen molar-refractivity contribution in [2.45, 2.75) is 26.4 Å². The lowest BCUT2D eigenvalue weighted by Gasteiger charge is -2.25. The molecule has 1 aromatic carbocycles. The fourth-order valence-corrected chi connectivity index (χ4v) is 4.26. The molecular weight excluding hydrogens is 359 g/mol. The van der Waals surface area contributed by atoms with Crippen LogP contribution < -0.4 is 0 Å². The molecule has 0 fully saturated rings. The monoisotopic (exact) mass is 378 g/mol. The topological polar surface area (TPSA) is 61.8 Å². The van der Waals surface area contributed by atoms with Crippen LogP contribution >= 0.6 is 23.5 Å². The second-order valence-corrected chi connectivity index (χ2v) is 7.11. The van der Waals surface area contributed by atoms with Crippen molar-refractivity contribution in [3.8, 4) is 0 Å². The number of halogens is 1. The van der Waals surface area contributed by atoms with Crippen molar-refractivity contribution in [1.82, 2.24) is 0 Å². The lowest BCUT2D eigenvalue weighted by Crippen LogP contribution is -2.19. The zero-order chi connectivity index (χ0) is 15.9. The average Bonchev–Trinajstić information content (AvgIpc) is 2.39. The van der Waals surface area contributed by atoms with Crippen LogP contribution in [0.25, 0.3) is 0 Å². The van der Waals surface area contributed by atoms with Crippen molar-refractivity contribution in [3.05, 3.63) is 34.3 Å². The number of esters is 1. The minimum absolute atomic E-state index is 0.182. The number of carbonyl (C=O) groups is 1. The number of hydrogen-bond donors (Lipinski definition) is 0. The van der Waals surface area contributed by atoms with Gasteiger partial charge in [-0.1, -0.05) is 28.1 Å². The molecule has 0 spiro atoms. The highest BCUT2D eigenvalue weighted by Gasteiger charge is 2.43. The molecule has 118 valence electrons. The van der Waals surface area contributed by atoms with Gasteiger partial charge in [-0.15, -0.1) is 0 Å². The summed E-state index contributed by atoms with van der Waals surface area (Å²) in [6.45, 7) is 5.66. The SMILES string of the molecule is CCOC(=O)C(c1cccc(Br)c1)P(=O)(OCC)OCC. The zero-order valence-electron chi connectivity index (χ0n) is 12.4. The summed E-state index contributed by atoms with van der Waals surface area (Å²) in [6, 6.07) is 7.00. The van der Waals surface area contributed by atoms with Gasteiger partial charge in [-0.2, -0.15) is 0 Å². The Balaban J connectivity index is 3.29. The summed E-state index contributed by atoms with van der Waals surface area (Å²) in [5.74, 6) is -0.610. The first kappa shape index (κ1) is 18.4. The number of carbonyl (C=O) groups excluding carboxylic acids is 1. The van der Waals surface area contributed by atoms with Gasteiger partial charge in [0.2, 0.25) is 0 Å². The van der Waals surface area contributed by atoms with Crippen molar-refractivity contribution in [2.24, 2.45) is 0 Å². The number of rotatable bonds is 8. The predicted octanol–water partition coefficient (Wildman–Crippen LogP) is 4.32. The minimum Gasteiger partial charge on any atom is -0.465 e. The van der Waals surface area contributed by atoms with E-state index in [0.717, 1.165) is 4.47 Å². The molecule has 0 aromatic heterocycles. The minimum atomic E-state index is -3.65. The van der Waals surface area contributed by atoms with E-state index in [1.807, 2.05) is 6.07 Å². The van der Waals surface area contributed by atoms with Crippen LogP contribution in [-0.4, -0.2) is 25.8 Å². The van der Waals surface area contributed by atoms with Crippen LogP contribution in [0.2, 0.25) is 0 Å². The Bertz CT molecular complexity index is 510. The zero-order valence-corrected chi connectivity index (χ0v) is 14.9. The van der Waals surface area contributed by atoms with Gasteiger partial charge >= 0.3 is 13.6 Å². The molecular formula is C14H20BrO5P. The lowest BCUT2D eigenvalue weighted by molar-refractivity contribution is -0.143. The molecule has 0 saturated heterocycles. The Kier molecular flexibility index (Phi) is 7.60. The molecule has 0 aliphatic rings. The molecule has 0 radical (unpaired) electrons. The third-order valence-electron chi connectivity index (χ3n) is 2.61. The van der Waals surface area contributed by atoms with Crippen molar-refractivity contribution in [3.63, 3.8) is 0 Å². The third-order valence-corrected chi connectivity index (χ3v) is 5.48. The van der Waals surface area contributed by atoms with E-state index >= 15 is 0 Å². The largest absolute Gasteiger partial charge is 0.465 e. The second kappa shape index (κ2) is 8.69. The first-order valence-electron chi connectivity index (χ1n) is 6.79. The van der Waals surface area contributed by atoms with Gasteiger partial charge in [0.1, 0.15) is 0 Å². The summed E-state index contributed by atoms with van der Waals surface area (Å²) in [5.41, 5.74) is -0.553. The van der Waals surface area contributed by atoms with Gasteiger partial charge in [-0.3, -0.25) is 9.36 Å². The van der Waals surface area contributed by atoms with Crippen LogP contribution in [-0.2, 0) is 23.1 Å². The summed E-state index contributed by atoms with van der Waals surface area (Å²) in [7, 11) is -3.65. The maximum absolute atomic E-state index is 13.0. The molecule has 0 aliphatic heterocycles. The van der Waals surface area contributed by atoms with Crippen molar-refractivity contribution < 1.29 is 23.1 Å². The Morgan fingerprint density at radius 3 is 2.29 bits per heavy atom. The number of hydrogen-bond acceptors (Lipinski definition) is 5. The van der Waals surface area contributed by atoms with Gasteiger partial charge in [-0.05, 0) is 38.5 Å². The highest BCUT2D eigenvalue weighted by molar-refractivity contribution is 9.10. The Hall–Kier alpha value is -0.680. The maximum Gasteiger partial charge on any atom is 0.349 e. The van der Waals surface area contributed by atoms with Gasteiger partial charge in [0.05, 0.1) is 19.8 Å². The summed E-state index contributed by atoms with van der Waals surface area (Å²) in [4.78, 5) is 12.3.